The van der Waals surface area contributed by atoms with E-state index in [4.69, 9.17) is 4.74 Å². The first-order valence-corrected chi connectivity index (χ1v) is 10.3. The number of carbonyl (C=O) groups is 2. The Morgan fingerprint density at radius 3 is 2.74 bits per heavy atom. The molecule has 9 nitrogen and oxygen atoms in total. The number of hydrogen-bond donors (Lipinski definition) is 3. The molecule has 1 saturated heterocycles. The maximum atomic E-state index is 12.5. The van der Waals surface area contributed by atoms with Crippen molar-refractivity contribution in [3.63, 3.8) is 0 Å². The van der Waals surface area contributed by atoms with Crippen LogP contribution in [0.1, 0.15) is 39.2 Å². The van der Waals surface area contributed by atoms with E-state index in [1.54, 1.807) is 36.2 Å². The number of hydrogen-bond acceptors (Lipinski definition) is 6. The fourth-order valence-electron chi connectivity index (χ4n) is 3.31. The molecule has 166 valence electrons. The van der Waals surface area contributed by atoms with Crippen LogP contribution in [0.25, 0.3) is 11.3 Å². The summed E-state index contributed by atoms with van der Waals surface area (Å²) in [5.41, 5.74) is 1.53. The van der Waals surface area contributed by atoms with Crippen molar-refractivity contribution >= 4 is 17.9 Å². The van der Waals surface area contributed by atoms with E-state index in [0.29, 0.717) is 24.6 Å². The van der Waals surface area contributed by atoms with Gasteiger partial charge in [0.1, 0.15) is 11.4 Å². The van der Waals surface area contributed by atoms with Gasteiger partial charge in [0.2, 0.25) is 0 Å². The minimum absolute atomic E-state index is 0.183. The second kappa shape index (κ2) is 9.20. The average molecular weight is 428 g/mol. The Morgan fingerprint density at radius 1 is 1.26 bits per heavy atom. The van der Waals surface area contributed by atoms with E-state index in [2.05, 4.69) is 20.6 Å². The lowest BCUT2D eigenvalue weighted by atomic mass is 10.1. The van der Waals surface area contributed by atoms with E-state index in [0.717, 1.165) is 24.0 Å². The van der Waals surface area contributed by atoms with Crippen LogP contribution in [0.4, 0.5) is 15.4 Å². The SMILES string of the molecule is Cc1cc(-c2cncc(NC(=O)N[C@H]3CCCN(C(=O)OC(C)(C)C)C3)n2)ccc1O. The van der Waals surface area contributed by atoms with Crippen LogP contribution in [0.5, 0.6) is 5.75 Å². The molecule has 1 fully saturated rings. The third-order valence-electron chi connectivity index (χ3n) is 4.78. The number of urea groups is 1. The van der Waals surface area contributed by atoms with Crippen molar-refractivity contribution in [1.82, 2.24) is 20.2 Å². The Balaban J connectivity index is 1.59. The minimum atomic E-state index is -0.561. The highest BCUT2D eigenvalue weighted by atomic mass is 16.6. The van der Waals surface area contributed by atoms with Gasteiger partial charge in [-0.3, -0.25) is 10.3 Å². The molecule has 3 rings (SSSR count). The van der Waals surface area contributed by atoms with Crippen LogP contribution in [0.3, 0.4) is 0 Å². The van der Waals surface area contributed by atoms with Crippen molar-refractivity contribution in [3.8, 4) is 17.0 Å². The lowest BCUT2D eigenvalue weighted by Gasteiger charge is -2.34. The van der Waals surface area contributed by atoms with Gasteiger partial charge < -0.3 is 20.1 Å². The highest BCUT2D eigenvalue weighted by Crippen LogP contribution is 2.24. The van der Waals surface area contributed by atoms with Gasteiger partial charge >= 0.3 is 12.1 Å². The number of aryl methyl sites for hydroxylation is 1. The van der Waals surface area contributed by atoms with Gasteiger partial charge in [-0.1, -0.05) is 0 Å². The molecule has 2 aromatic rings. The second-order valence-corrected chi connectivity index (χ2v) is 8.65. The number of ether oxygens (including phenoxy) is 1. The fourth-order valence-corrected chi connectivity index (χ4v) is 3.31. The number of carbonyl (C=O) groups excluding carboxylic acids is 2. The molecular weight excluding hydrogens is 398 g/mol. The van der Waals surface area contributed by atoms with Crippen molar-refractivity contribution in [2.24, 2.45) is 0 Å². The Morgan fingerprint density at radius 2 is 2.03 bits per heavy atom. The summed E-state index contributed by atoms with van der Waals surface area (Å²) >= 11 is 0. The number of nitrogens with one attached hydrogen (secondary N) is 2. The normalized spacial score (nSPS) is 16.5. The Bertz CT molecular complexity index is 957. The van der Waals surface area contributed by atoms with E-state index in [1.807, 2.05) is 20.8 Å². The first kappa shape index (κ1) is 22.3. The molecule has 1 aromatic heterocycles. The van der Waals surface area contributed by atoms with E-state index in [9.17, 15) is 14.7 Å². The molecule has 0 bridgehead atoms. The van der Waals surface area contributed by atoms with Crippen LogP contribution in [0.2, 0.25) is 0 Å². The van der Waals surface area contributed by atoms with Crippen molar-refractivity contribution in [1.29, 1.82) is 0 Å². The summed E-state index contributed by atoms with van der Waals surface area (Å²) in [4.78, 5) is 35.0. The number of nitrogens with zero attached hydrogens (tertiary/aromatic N) is 3. The van der Waals surface area contributed by atoms with Gasteiger partial charge in [0.25, 0.3) is 0 Å². The first-order chi connectivity index (χ1) is 14.6. The maximum absolute atomic E-state index is 12.5. The van der Waals surface area contributed by atoms with Crippen LogP contribution in [0.15, 0.2) is 30.6 Å². The zero-order chi connectivity index (χ0) is 22.6. The van der Waals surface area contributed by atoms with Crippen molar-refractivity contribution < 1.29 is 19.4 Å². The average Bonchev–Trinajstić information content (AvgIpc) is 2.69. The second-order valence-electron chi connectivity index (χ2n) is 8.65. The highest BCUT2D eigenvalue weighted by Gasteiger charge is 2.28. The molecule has 0 spiro atoms. The third kappa shape index (κ3) is 6.31. The quantitative estimate of drug-likeness (QED) is 0.688. The number of amides is 3. The molecule has 1 atom stereocenters. The van der Waals surface area contributed by atoms with Gasteiger partial charge in [-0.2, -0.15) is 0 Å². The summed E-state index contributed by atoms with van der Waals surface area (Å²) < 4.78 is 5.42. The minimum Gasteiger partial charge on any atom is -0.508 e. The molecule has 1 aromatic carbocycles. The lowest BCUT2D eigenvalue weighted by molar-refractivity contribution is 0.0191. The molecule has 0 aliphatic carbocycles. The van der Waals surface area contributed by atoms with Crippen LogP contribution >= 0.6 is 0 Å². The Labute approximate surface area is 181 Å². The summed E-state index contributed by atoms with van der Waals surface area (Å²) in [5.74, 6) is 0.513. The number of aromatic hydroxyl groups is 1. The standard InChI is InChI=1S/C22H29N5O4/c1-14-10-15(7-8-18(14)28)17-11-23-12-19(25-17)26-20(29)24-16-6-5-9-27(13-16)21(30)31-22(2,3)4/h7-8,10-12,16,28H,5-6,9,13H2,1-4H3,(H2,24,25,26,29)/t16-/m0/s1. The molecule has 1 aliphatic rings. The van der Waals surface area contributed by atoms with Gasteiger partial charge in [-0.05, 0) is 64.3 Å². The summed E-state index contributed by atoms with van der Waals surface area (Å²) in [5, 5.41) is 15.3. The number of benzene rings is 1. The van der Waals surface area contributed by atoms with Gasteiger partial charge in [0, 0.05) is 24.7 Å². The molecule has 0 unspecified atom stereocenters. The number of anilines is 1. The smallest absolute Gasteiger partial charge is 0.410 e. The molecule has 1 aliphatic heterocycles. The van der Waals surface area contributed by atoms with Crippen LogP contribution in [-0.2, 0) is 4.74 Å². The number of rotatable bonds is 3. The van der Waals surface area contributed by atoms with E-state index in [1.165, 1.54) is 6.20 Å². The molecule has 31 heavy (non-hydrogen) atoms. The molecular formula is C22H29N5O4. The van der Waals surface area contributed by atoms with Gasteiger partial charge in [0.05, 0.1) is 18.1 Å². The zero-order valence-corrected chi connectivity index (χ0v) is 18.3. The Hall–Kier alpha value is -3.36. The maximum Gasteiger partial charge on any atom is 0.410 e. The Kier molecular flexibility index (Phi) is 6.62. The number of phenols is 1. The van der Waals surface area contributed by atoms with Gasteiger partial charge in [-0.15, -0.1) is 0 Å². The largest absolute Gasteiger partial charge is 0.508 e. The number of likely N-dealkylation sites (tertiary alicyclic amines) is 1. The number of piperidine rings is 1. The third-order valence-corrected chi connectivity index (χ3v) is 4.78. The van der Waals surface area contributed by atoms with Crippen LogP contribution < -0.4 is 10.6 Å². The van der Waals surface area contributed by atoms with Crippen molar-refractivity contribution in [3.05, 3.63) is 36.2 Å². The van der Waals surface area contributed by atoms with E-state index >= 15 is 0 Å². The van der Waals surface area contributed by atoms with Crippen molar-refractivity contribution in [2.75, 3.05) is 18.4 Å². The molecule has 3 N–H and O–H groups in total. The van der Waals surface area contributed by atoms with Crippen LogP contribution in [0, 0.1) is 6.92 Å². The summed E-state index contributed by atoms with van der Waals surface area (Å²) in [7, 11) is 0. The first-order valence-electron chi connectivity index (χ1n) is 10.3. The number of phenolic OH excluding ortho intramolecular Hbond substituents is 1. The topological polar surface area (TPSA) is 117 Å². The van der Waals surface area contributed by atoms with Crippen molar-refractivity contribution in [2.45, 2.75) is 52.2 Å². The van der Waals surface area contributed by atoms with Gasteiger partial charge in [0.15, 0.2) is 5.82 Å². The lowest BCUT2D eigenvalue weighted by Crippen LogP contribution is -2.51. The predicted molar refractivity (Wildman–Crippen MR) is 117 cm³/mol. The predicted octanol–water partition coefficient (Wildman–Crippen LogP) is 3.68. The summed E-state index contributed by atoms with van der Waals surface area (Å²) in [6.07, 6.45) is 4.23. The number of aromatic nitrogens is 2. The monoisotopic (exact) mass is 427 g/mol. The van der Waals surface area contributed by atoms with E-state index in [-0.39, 0.29) is 17.9 Å². The molecule has 2 heterocycles. The summed E-state index contributed by atoms with van der Waals surface area (Å²) in [6, 6.07) is 4.54. The summed E-state index contributed by atoms with van der Waals surface area (Å²) in [6.45, 7) is 8.27. The zero-order valence-electron chi connectivity index (χ0n) is 18.3. The van der Waals surface area contributed by atoms with Gasteiger partial charge in [-0.25, -0.2) is 14.6 Å². The fraction of sp³-hybridized carbons (Fsp3) is 0.455. The molecule has 0 saturated carbocycles. The van der Waals surface area contributed by atoms with Crippen LogP contribution in [-0.4, -0.2) is 56.8 Å². The highest BCUT2D eigenvalue weighted by molar-refractivity contribution is 5.88. The van der Waals surface area contributed by atoms with E-state index < -0.39 is 11.6 Å². The molecule has 0 radical (unpaired) electrons. The molecule has 3 amide bonds. The molecule has 9 heteroatoms.